The predicted octanol–water partition coefficient (Wildman–Crippen LogP) is 1.74. The molecule has 0 atom stereocenters. The Labute approximate surface area is 88.9 Å². The number of esters is 2. The minimum Gasteiger partial charge on any atom is -0.465 e. The molecule has 0 N–H and O–H groups in total. The van der Waals surface area contributed by atoms with Crippen molar-refractivity contribution < 1.29 is 19.1 Å². The second kappa shape index (κ2) is 6.59. The fraction of sp³-hybridized carbons (Fsp3) is 0.273. The van der Waals surface area contributed by atoms with Crippen LogP contribution < -0.4 is 0 Å². The van der Waals surface area contributed by atoms with Gasteiger partial charge in [-0.15, -0.1) is 0 Å². The van der Waals surface area contributed by atoms with E-state index in [1.165, 1.54) is 26.2 Å². The molecule has 0 aliphatic heterocycles. The number of hydrogen-bond acceptors (Lipinski definition) is 4. The number of carbonyl (C=O) groups is 2. The van der Waals surface area contributed by atoms with Gasteiger partial charge in [0.15, 0.2) is 0 Å². The van der Waals surface area contributed by atoms with Gasteiger partial charge in [0, 0.05) is 6.92 Å². The van der Waals surface area contributed by atoms with E-state index in [4.69, 9.17) is 4.74 Å². The summed E-state index contributed by atoms with van der Waals surface area (Å²) in [5.74, 6) is -0.974. The standard InChI is InChI=1S/C11H14O4/c1-5-7-10(15-8(3)12)9(6-2)11(13)14-4/h5-7H,2H2,1,3-4H3/b7-5-,10-9-. The SMILES string of the molecule is C=C/C(C(=O)OC)=C(\C=C/C)OC(C)=O. The minimum absolute atomic E-state index is 0.116. The number of carbonyl (C=O) groups excluding carboxylic acids is 2. The van der Waals surface area contributed by atoms with Crippen LogP contribution in [0, 0.1) is 0 Å². The van der Waals surface area contributed by atoms with E-state index in [-0.39, 0.29) is 11.3 Å². The summed E-state index contributed by atoms with van der Waals surface area (Å²) in [6, 6.07) is 0. The maximum atomic E-state index is 11.3. The van der Waals surface area contributed by atoms with Gasteiger partial charge in [0.05, 0.1) is 7.11 Å². The topological polar surface area (TPSA) is 52.6 Å². The highest BCUT2D eigenvalue weighted by Crippen LogP contribution is 2.11. The molecule has 0 saturated heterocycles. The Kier molecular flexibility index (Phi) is 5.78. The number of ether oxygens (including phenoxy) is 2. The lowest BCUT2D eigenvalue weighted by Gasteiger charge is -2.06. The van der Waals surface area contributed by atoms with Crippen molar-refractivity contribution in [1.29, 1.82) is 0 Å². The van der Waals surface area contributed by atoms with Gasteiger partial charge in [-0.2, -0.15) is 0 Å². The molecule has 15 heavy (non-hydrogen) atoms. The van der Waals surface area contributed by atoms with Crippen molar-refractivity contribution in [3.8, 4) is 0 Å². The van der Waals surface area contributed by atoms with E-state index in [1.807, 2.05) is 0 Å². The van der Waals surface area contributed by atoms with E-state index in [0.717, 1.165) is 0 Å². The van der Waals surface area contributed by atoms with E-state index >= 15 is 0 Å². The predicted molar refractivity (Wildman–Crippen MR) is 55.8 cm³/mol. The van der Waals surface area contributed by atoms with Crippen molar-refractivity contribution in [1.82, 2.24) is 0 Å². The molecule has 0 amide bonds. The number of hydrogen-bond donors (Lipinski definition) is 0. The van der Waals surface area contributed by atoms with Gasteiger partial charge in [0.25, 0.3) is 0 Å². The third-order valence-electron chi connectivity index (χ3n) is 1.45. The van der Waals surface area contributed by atoms with Gasteiger partial charge in [-0.05, 0) is 13.0 Å². The highest BCUT2D eigenvalue weighted by molar-refractivity contribution is 5.92. The van der Waals surface area contributed by atoms with Crippen molar-refractivity contribution in [2.45, 2.75) is 13.8 Å². The van der Waals surface area contributed by atoms with Gasteiger partial charge in [-0.25, -0.2) is 4.79 Å². The van der Waals surface area contributed by atoms with Crippen LogP contribution in [0.4, 0.5) is 0 Å². The fourth-order valence-corrected chi connectivity index (χ4v) is 0.879. The molecule has 0 radical (unpaired) electrons. The molecule has 0 rings (SSSR count). The van der Waals surface area contributed by atoms with Gasteiger partial charge >= 0.3 is 11.9 Å². The first kappa shape index (κ1) is 13.2. The summed E-state index contributed by atoms with van der Waals surface area (Å²) in [4.78, 5) is 22.0. The molecule has 0 saturated carbocycles. The molecule has 0 aliphatic carbocycles. The Hall–Kier alpha value is -1.84. The van der Waals surface area contributed by atoms with Gasteiger partial charge in [0.2, 0.25) is 0 Å². The van der Waals surface area contributed by atoms with Crippen LogP contribution in [0.3, 0.4) is 0 Å². The molecule has 0 bridgehead atoms. The zero-order chi connectivity index (χ0) is 11.8. The summed E-state index contributed by atoms with van der Waals surface area (Å²) in [5, 5.41) is 0. The molecule has 0 heterocycles. The Balaban J connectivity index is 5.25. The third kappa shape index (κ3) is 4.26. The Morgan fingerprint density at radius 2 is 1.93 bits per heavy atom. The molecule has 0 aromatic rings. The van der Waals surface area contributed by atoms with Crippen molar-refractivity contribution in [3.05, 3.63) is 36.1 Å². The molecule has 0 aromatic carbocycles. The molecule has 0 spiro atoms. The molecular formula is C11H14O4. The summed E-state index contributed by atoms with van der Waals surface area (Å²) in [5.41, 5.74) is 0.116. The van der Waals surface area contributed by atoms with Gasteiger partial charge in [-0.3, -0.25) is 4.79 Å². The van der Waals surface area contributed by atoms with E-state index in [0.29, 0.717) is 0 Å². The highest BCUT2D eigenvalue weighted by atomic mass is 16.5. The maximum Gasteiger partial charge on any atom is 0.341 e. The van der Waals surface area contributed by atoms with E-state index in [9.17, 15) is 9.59 Å². The molecule has 0 aliphatic rings. The van der Waals surface area contributed by atoms with Crippen LogP contribution in [0.1, 0.15) is 13.8 Å². The second-order valence-corrected chi connectivity index (χ2v) is 2.57. The largest absolute Gasteiger partial charge is 0.465 e. The van der Waals surface area contributed by atoms with Crippen LogP contribution in [-0.4, -0.2) is 19.0 Å². The average Bonchev–Trinajstić information content (AvgIpc) is 2.18. The van der Waals surface area contributed by atoms with Crippen LogP contribution in [0.5, 0.6) is 0 Å². The normalized spacial score (nSPS) is 11.9. The zero-order valence-corrected chi connectivity index (χ0v) is 9.07. The third-order valence-corrected chi connectivity index (χ3v) is 1.45. The highest BCUT2D eigenvalue weighted by Gasteiger charge is 2.13. The summed E-state index contributed by atoms with van der Waals surface area (Å²) in [7, 11) is 1.24. The Morgan fingerprint density at radius 1 is 1.33 bits per heavy atom. The second-order valence-electron chi connectivity index (χ2n) is 2.57. The van der Waals surface area contributed by atoms with Crippen LogP contribution in [-0.2, 0) is 19.1 Å². The van der Waals surface area contributed by atoms with Crippen molar-refractivity contribution in [3.63, 3.8) is 0 Å². The van der Waals surface area contributed by atoms with Crippen LogP contribution in [0.2, 0.25) is 0 Å². The summed E-state index contributed by atoms with van der Waals surface area (Å²) in [6.07, 6.45) is 4.42. The smallest absolute Gasteiger partial charge is 0.341 e. The molecular weight excluding hydrogens is 196 g/mol. The molecule has 0 fully saturated rings. The van der Waals surface area contributed by atoms with E-state index < -0.39 is 11.9 Å². The number of allylic oxidation sites excluding steroid dienone is 2. The molecule has 4 nitrogen and oxygen atoms in total. The number of methoxy groups -OCH3 is 1. The zero-order valence-electron chi connectivity index (χ0n) is 9.07. The van der Waals surface area contributed by atoms with Crippen LogP contribution >= 0.6 is 0 Å². The fourth-order valence-electron chi connectivity index (χ4n) is 0.879. The first-order valence-corrected chi connectivity index (χ1v) is 4.33. The lowest BCUT2D eigenvalue weighted by atomic mass is 10.2. The molecule has 4 heteroatoms. The first-order valence-electron chi connectivity index (χ1n) is 4.33. The van der Waals surface area contributed by atoms with Gasteiger partial charge < -0.3 is 9.47 Å². The maximum absolute atomic E-state index is 11.3. The first-order chi connectivity index (χ1) is 7.06. The lowest BCUT2D eigenvalue weighted by molar-refractivity contribution is -0.137. The van der Waals surface area contributed by atoms with E-state index in [2.05, 4.69) is 11.3 Å². The Morgan fingerprint density at radius 3 is 2.27 bits per heavy atom. The van der Waals surface area contributed by atoms with Crippen LogP contribution in [0.15, 0.2) is 36.1 Å². The summed E-state index contributed by atoms with van der Waals surface area (Å²) < 4.78 is 9.37. The van der Waals surface area contributed by atoms with Gasteiger partial charge in [-0.1, -0.05) is 18.7 Å². The summed E-state index contributed by atoms with van der Waals surface area (Å²) >= 11 is 0. The van der Waals surface area contributed by atoms with E-state index in [1.54, 1.807) is 13.0 Å². The van der Waals surface area contributed by atoms with Crippen molar-refractivity contribution in [2.75, 3.05) is 7.11 Å². The minimum atomic E-state index is -0.598. The molecule has 0 aromatic heterocycles. The average molecular weight is 210 g/mol. The Bertz CT molecular complexity index is 323. The van der Waals surface area contributed by atoms with Crippen LogP contribution in [0.25, 0.3) is 0 Å². The number of rotatable bonds is 4. The monoisotopic (exact) mass is 210 g/mol. The quantitative estimate of drug-likeness (QED) is 0.307. The lowest BCUT2D eigenvalue weighted by Crippen LogP contribution is -2.08. The van der Waals surface area contributed by atoms with Gasteiger partial charge in [0.1, 0.15) is 11.3 Å². The van der Waals surface area contributed by atoms with Crippen molar-refractivity contribution >= 4 is 11.9 Å². The summed E-state index contributed by atoms with van der Waals surface area (Å²) in [6.45, 7) is 6.45. The molecule has 82 valence electrons. The van der Waals surface area contributed by atoms with Crippen molar-refractivity contribution in [2.24, 2.45) is 0 Å². The molecule has 0 unspecified atom stereocenters.